The summed E-state index contributed by atoms with van der Waals surface area (Å²) in [6.45, 7) is 9.55. The minimum Gasteiger partial charge on any atom is -0.489 e. The molecule has 0 saturated heterocycles. The molecule has 0 amide bonds. The van der Waals surface area contributed by atoms with Crippen molar-refractivity contribution in [3.63, 3.8) is 0 Å². The fraction of sp³-hybridized carbons (Fsp3) is 0.318. The lowest BCUT2D eigenvalue weighted by Gasteiger charge is -2.25. The van der Waals surface area contributed by atoms with Crippen molar-refractivity contribution >= 4 is 5.97 Å². The monoisotopic (exact) mass is 379 g/mol. The summed E-state index contributed by atoms with van der Waals surface area (Å²) < 4.78 is 11.2. The molecule has 0 heterocycles. The Morgan fingerprint density at radius 1 is 1.18 bits per heavy atom. The number of rotatable bonds is 8. The predicted octanol–water partition coefficient (Wildman–Crippen LogP) is 5.56. The van der Waals surface area contributed by atoms with Gasteiger partial charge in [0.1, 0.15) is 24.0 Å². The summed E-state index contributed by atoms with van der Waals surface area (Å²) in [7, 11) is 0. The van der Waals surface area contributed by atoms with E-state index >= 15 is 0 Å². The Kier molecular flexibility index (Phi) is 7.24. The molecule has 6 nitrogen and oxygen atoms in total. The lowest BCUT2D eigenvalue weighted by Crippen LogP contribution is -2.33. The second-order valence-electron chi connectivity index (χ2n) is 7.29. The van der Waals surface area contributed by atoms with Crippen molar-refractivity contribution in [2.24, 2.45) is 5.11 Å². The van der Waals surface area contributed by atoms with E-state index in [9.17, 15) is 4.79 Å². The molecule has 0 spiro atoms. The van der Waals surface area contributed by atoms with Crippen LogP contribution >= 0.6 is 0 Å². The number of benzene rings is 2. The molecule has 0 aliphatic heterocycles. The maximum Gasteiger partial charge on any atom is 0.316 e. The van der Waals surface area contributed by atoms with Crippen molar-refractivity contribution < 1.29 is 14.3 Å². The number of carbonyl (C=O) groups is 1. The van der Waals surface area contributed by atoms with Crippen LogP contribution < -0.4 is 4.74 Å². The topological polar surface area (TPSA) is 84.3 Å². The fourth-order valence-corrected chi connectivity index (χ4v) is 2.66. The zero-order valence-electron chi connectivity index (χ0n) is 16.4. The Morgan fingerprint density at radius 2 is 1.82 bits per heavy atom. The molecule has 2 aromatic rings. The maximum absolute atomic E-state index is 12.5. The van der Waals surface area contributed by atoms with Gasteiger partial charge >= 0.3 is 5.97 Å². The highest BCUT2D eigenvalue weighted by atomic mass is 16.6. The molecule has 146 valence electrons. The quantitative estimate of drug-likeness (QED) is 0.198. The molecule has 2 aromatic carbocycles. The molecule has 0 N–H and O–H groups in total. The van der Waals surface area contributed by atoms with Crippen molar-refractivity contribution in [2.75, 3.05) is 0 Å². The van der Waals surface area contributed by atoms with Crippen molar-refractivity contribution in [2.45, 2.75) is 44.9 Å². The van der Waals surface area contributed by atoms with Gasteiger partial charge < -0.3 is 9.47 Å². The van der Waals surface area contributed by atoms with Gasteiger partial charge in [-0.1, -0.05) is 53.7 Å². The summed E-state index contributed by atoms with van der Waals surface area (Å²) in [5.41, 5.74) is 10.1. The third kappa shape index (κ3) is 6.18. The first kappa shape index (κ1) is 21.1. The van der Waals surface area contributed by atoms with E-state index in [1.54, 1.807) is 26.8 Å². The lowest BCUT2D eigenvalue weighted by atomic mass is 9.91. The fourth-order valence-electron chi connectivity index (χ4n) is 2.66. The van der Waals surface area contributed by atoms with E-state index in [1.165, 1.54) is 0 Å². The van der Waals surface area contributed by atoms with E-state index in [0.29, 0.717) is 12.4 Å². The van der Waals surface area contributed by atoms with Crippen molar-refractivity contribution in [3.8, 4) is 5.75 Å². The molecule has 2 atom stereocenters. The van der Waals surface area contributed by atoms with E-state index in [1.807, 2.05) is 54.6 Å². The number of esters is 1. The van der Waals surface area contributed by atoms with Gasteiger partial charge in [0.2, 0.25) is 0 Å². The lowest BCUT2D eigenvalue weighted by molar-refractivity contribution is -0.156. The van der Waals surface area contributed by atoms with Gasteiger partial charge in [-0.05, 0) is 49.6 Å². The number of carbonyl (C=O) groups excluding carboxylic acids is 1. The van der Waals surface area contributed by atoms with Crippen LogP contribution in [-0.4, -0.2) is 17.6 Å². The van der Waals surface area contributed by atoms with Crippen LogP contribution in [0.25, 0.3) is 10.4 Å². The van der Waals surface area contributed by atoms with Crippen LogP contribution in [0.1, 0.15) is 37.8 Å². The second kappa shape index (κ2) is 9.62. The maximum atomic E-state index is 12.5. The predicted molar refractivity (Wildman–Crippen MR) is 109 cm³/mol. The normalized spacial score (nSPS) is 13.0. The highest BCUT2D eigenvalue weighted by molar-refractivity contribution is 5.78. The molecule has 2 rings (SSSR count). The van der Waals surface area contributed by atoms with Crippen molar-refractivity contribution in [1.82, 2.24) is 0 Å². The van der Waals surface area contributed by atoms with E-state index in [4.69, 9.17) is 15.0 Å². The van der Waals surface area contributed by atoms with Crippen LogP contribution in [0, 0.1) is 0 Å². The number of nitrogens with zero attached hydrogens (tertiary/aromatic N) is 3. The first-order valence-corrected chi connectivity index (χ1v) is 9.00. The average Bonchev–Trinajstić information content (AvgIpc) is 2.66. The van der Waals surface area contributed by atoms with Gasteiger partial charge in [-0.25, -0.2) is 0 Å². The van der Waals surface area contributed by atoms with Crippen molar-refractivity contribution in [3.05, 3.63) is 88.8 Å². The molecule has 0 fully saturated rings. The van der Waals surface area contributed by atoms with Gasteiger partial charge in [0.05, 0.1) is 0 Å². The summed E-state index contributed by atoms with van der Waals surface area (Å²) in [6.07, 6.45) is 1.59. The Balaban J connectivity index is 2.14. The molecular weight excluding hydrogens is 354 g/mol. The third-order valence-corrected chi connectivity index (χ3v) is 3.93. The first-order valence-electron chi connectivity index (χ1n) is 9.00. The first-order chi connectivity index (χ1) is 13.3. The summed E-state index contributed by atoms with van der Waals surface area (Å²) in [4.78, 5) is 15.3. The molecule has 0 unspecified atom stereocenters. The minimum atomic E-state index is -1.03. The van der Waals surface area contributed by atoms with Crippen molar-refractivity contribution in [1.29, 1.82) is 0 Å². The smallest absolute Gasteiger partial charge is 0.316 e. The Labute approximate surface area is 165 Å². The highest BCUT2D eigenvalue weighted by Crippen LogP contribution is 2.28. The third-order valence-electron chi connectivity index (χ3n) is 3.93. The molecule has 28 heavy (non-hydrogen) atoms. The summed E-state index contributed by atoms with van der Waals surface area (Å²) in [6, 6.07) is 16.1. The molecule has 0 bridgehead atoms. The second-order valence-corrected chi connectivity index (χ2v) is 7.29. The van der Waals surface area contributed by atoms with Crippen LogP contribution in [0.2, 0.25) is 0 Å². The molecule has 6 heteroatoms. The van der Waals surface area contributed by atoms with Crippen LogP contribution in [0.5, 0.6) is 5.75 Å². The average molecular weight is 379 g/mol. The summed E-state index contributed by atoms with van der Waals surface area (Å²) in [5.74, 6) is -0.387. The number of hydrogen-bond acceptors (Lipinski definition) is 4. The van der Waals surface area contributed by atoms with Crippen LogP contribution in [0.15, 0.2) is 72.4 Å². The number of hydrogen-bond donors (Lipinski definition) is 0. The Bertz CT molecular complexity index is 836. The van der Waals surface area contributed by atoms with Gasteiger partial charge in [0.25, 0.3) is 0 Å². The van der Waals surface area contributed by atoms with E-state index in [-0.39, 0.29) is 0 Å². The number of ether oxygens (including phenoxy) is 2. The molecule has 0 radical (unpaired) electrons. The standard InChI is InChI=1S/C22H25N3O3/c1-5-19(20(24-25-23)21(26)28-22(2,3)4)17-11-13-18(14-12-17)27-15-16-9-7-6-8-10-16/h5-14,19-20H,1,15H2,2-4H3/t19-,20-/m0/s1. The summed E-state index contributed by atoms with van der Waals surface area (Å²) in [5, 5.41) is 3.66. The zero-order valence-corrected chi connectivity index (χ0v) is 16.4. The van der Waals surface area contributed by atoms with E-state index in [2.05, 4.69) is 16.6 Å². The van der Waals surface area contributed by atoms with Gasteiger partial charge in [0.15, 0.2) is 0 Å². The Hall–Kier alpha value is -3.24. The van der Waals surface area contributed by atoms with Gasteiger partial charge in [-0.3, -0.25) is 4.79 Å². The van der Waals surface area contributed by atoms with Crippen LogP contribution in [0.3, 0.4) is 0 Å². The largest absolute Gasteiger partial charge is 0.489 e. The zero-order chi connectivity index (χ0) is 20.6. The molecule has 0 saturated carbocycles. The summed E-state index contributed by atoms with van der Waals surface area (Å²) >= 11 is 0. The van der Waals surface area contributed by atoms with E-state index in [0.717, 1.165) is 11.1 Å². The molecular formula is C22H25N3O3. The van der Waals surface area contributed by atoms with E-state index < -0.39 is 23.5 Å². The van der Waals surface area contributed by atoms with Gasteiger partial charge in [-0.2, -0.15) is 0 Å². The van der Waals surface area contributed by atoms with Crippen LogP contribution in [0.4, 0.5) is 0 Å². The SMILES string of the molecule is C=C[C@@H](c1ccc(OCc2ccccc2)cc1)[C@H](N=[N+]=[N-])C(=O)OC(C)(C)C. The van der Waals surface area contributed by atoms with Gasteiger partial charge in [-0.15, -0.1) is 6.58 Å². The minimum absolute atomic E-state index is 0.463. The molecule has 0 aromatic heterocycles. The molecule has 0 aliphatic rings. The van der Waals surface area contributed by atoms with Crippen LogP contribution in [-0.2, 0) is 16.1 Å². The number of azide groups is 1. The molecule has 0 aliphatic carbocycles. The Morgan fingerprint density at radius 3 is 2.36 bits per heavy atom. The highest BCUT2D eigenvalue weighted by Gasteiger charge is 2.31. The van der Waals surface area contributed by atoms with Gasteiger partial charge in [0, 0.05) is 10.8 Å².